The quantitative estimate of drug-likeness (QED) is 0.291. The lowest BCUT2D eigenvalue weighted by Crippen LogP contribution is -2.70. The van der Waals surface area contributed by atoms with Crippen molar-refractivity contribution in [3.05, 3.63) is 35.9 Å². The van der Waals surface area contributed by atoms with Crippen LogP contribution >= 0.6 is 7.82 Å². The van der Waals surface area contributed by atoms with Crippen LogP contribution < -0.4 is 0 Å². The average molecular weight is 589 g/mol. The molecule has 0 spiro atoms. The van der Waals surface area contributed by atoms with Crippen molar-refractivity contribution in [3.63, 3.8) is 0 Å². The first-order valence-electron chi connectivity index (χ1n) is 13.1. The molecule has 14 heteroatoms. The molecule has 0 amide bonds. The van der Waals surface area contributed by atoms with Crippen molar-refractivity contribution in [2.75, 3.05) is 26.9 Å². The van der Waals surface area contributed by atoms with Crippen molar-refractivity contribution in [2.45, 2.75) is 89.4 Å². The standard InChI is InChI=1S/C26H37O13P/c1-8-32-40(29,33-9-2)39-26(23(28)30-7)21(34-22(27)16-13-11-10-12-14-16)20-19(36-25(5,6)37-20)18(38-26)17-15-31-24(3,4)35-17/h10-14,17-21H,8-9,15H2,1-7H3/t17-,18-,19+,20+,21+,26?/m1/s1. The molecule has 40 heavy (non-hydrogen) atoms. The average Bonchev–Trinajstić information content (AvgIpc) is 3.42. The van der Waals surface area contributed by atoms with Gasteiger partial charge in [0.15, 0.2) is 17.7 Å². The highest BCUT2D eigenvalue weighted by atomic mass is 31.2. The minimum Gasteiger partial charge on any atom is -0.465 e. The number of phosphoric acid groups is 1. The Kier molecular flexibility index (Phi) is 9.11. The third-order valence-electron chi connectivity index (χ3n) is 6.40. The predicted molar refractivity (Wildman–Crippen MR) is 136 cm³/mol. The predicted octanol–water partition coefficient (Wildman–Crippen LogP) is 3.35. The Morgan fingerprint density at radius 3 is 2.08 bits per heavy atom. The lowest BCUT2D eigenvalue weighted by molar-refractivity contribution is -0.326. The molecule has 3 aliphatic rings. The molecule has 3 aliphatic heterocycles. The topological polar surface area (TPSA) is 144 Å². The normalized spacial score (nSPS) is 32.8. The number of rotatable bonds is 10. The van der Waals surface area contributed by atoms with E-state index < -0.39 is 67.6 Å². The van der Waals surface area contributed by atoms with Gasteiger partial charge in [-0.05, 0) is 53.7 Å². The van der Waals surface area contributed by atoms with E-state index in [0.29, 0.717) is 0 Å². The van der Waals surface area contributed by atoms with Crippen LogP contribution in [0.1, 0.15) is 51.9 Å². The summed E-state index contributed by atoms with van der Waals surface area (Å²) in [4.78, 5) is 27.0. The smallest absolute Gasteiger partial charge is 0.465 e. The zero-order chi connectivity index (χ0) is 29.3. The number of phosphoric ester groups is 1. The van der Waals surface area contributed by atoms with Crippen LogP contribution in [0.25, 0.3) is 0 Å². The van der Waals surface area contributed by atoms with E-state index in [1.54, 1.807) is 59.7 Å². The number of hydrogen-bond donors (Lipinski definition) is 0. The van der Waals surface area contributed by atoms with Gasteiger partial charge < -0.3 is 33.2 Å². The fourth-order valence-electron chi connectivity index (χ4n) is 4.91. The van der Waals surface area contributed by atoms with E-state index in [1.165, 1.54) is 12.1 Å². The molecule has 1 unspecified atom stereocenters. The van der Waals surface area contributed by atoms with Crippen LogP contribution in [0.3, 0.4) is 0 Å². The first-order valence-corrected chi connectivity index (χ1v) is 14.5. The van der Waals surface area contributed by atoms with Crippen molar-refractivity contribution >= 4 is 19.8 Å². The number of methoxy groups -OCH3 is 1. The summed E-state index contributed by atoms with van der Waals surface area (Å²) in [7, 11) is -3.43. The van der Waals surface area contributed by atoms with Gasteiger partial charge in [-0.1, -0.05) is 18.2 Å². The Balaban J connectivity index is 1.86. The molecule has 0 aromatic heterocycles. The number of carbonyl (C=O) groups excluding carboxylic acids is 2. The van der Waals surface area contributed by atoms with E-state index in [2.05, 4.69) is 0 Å². The maximum absolute atomic E-state index is 13.7. The van der Waals surface area contributed by atoms with Crippen molar-refractivity contribution < 1.29 is 60.9 Å². The number of hydrogen-bond acceptors (Lipinski definition) is 13. The van der Waals surface area contributed by atoms with Gasteiger partial charge in [-0.2, -0.15) is 0 Å². The van der Waals surface area contributed by atoms with Gasteiger partial charge in [-0.3, -0.25) is 9.05 Å². The summed E-state index contributed by atoms with van der Waals surface area (Å²) >= 11 is 0. The molecule has 1 aromatic carbocycles. The van der Waals surface area contributed by atoms with E-state index in [0.717, 1.165) is 7.11 Å². The molecule has 13 nitrogen and oxygen atoms in total. The third-order valence-corrected chi connectivity index (χ3v) is 8.05. The molecule has 3 saturated heterocycles. The van der Waals surface area contributed by atoms with E-state index >= 15 is 0 Å². The van der Waals surface area contributed by atoms with Crippen LogP contribution in [0, 0.1) is 0 Å². The SMILES string of the molecule is CCOP(=O)(OCC)OC1(C(=O)OC)O[C@H]([C@H]2COC(C)(C)O2)[C@@H]2OC(C)(C)O[C@@H]2[C@@H]1OC(=O)c1ccccc1. The monoisotopic (exact) mass is 588 g/mol. The summed E-state index contributed by atoms with van der Waals surface area (Å²) in [6, 6.07) is 8.07. The molecule has 6 atom stereocenters. The first-order chi connectivity index (χ1) is 18.8. The summed E-state index contributed by atoms with van der Waals surface area (Å²) in [5.41, 5.74) is 0.171. The van der Waals surface area contributed by atoms with Crippen LogP contribution in [0.2, 0.25) is 0 Å². The molecule has 1 aromatic rings. The largest absolute Gasteiger partial charge is 0.477 e. The molecule has 0 N–H and O–H groups in total. The molecule has 3 fully saturated rings. The van der Waals surface area contributed by atoms with E-state index in [4.69, 9.17) is 46.7 Å². The molecular formula is C26H37O13P. The van der Waals surface area contributed by atoms with Crippen LogP contribution in [-0.2, 0) is 56.1 Å². The summed E-state index contributed by atoms with van der Waals surface area (Å²) in [5, 5.41) is 0. The Hall–Kier alpha value is -1.93. The lowest BCUT2D eigenvalue weighted by atomic mass is 9.89. The summed E-state index contributed by atoms with van der Waals surface area (Å²) in [6.07, 6.45) is -5.70. The summed E-state index contributed by atoms with van der Waals surface area (Å²) in [5.74, 6) is -6.88. The van der Waals surface area contributed by atoms with Gasteiger partial charge in [0.05, 0.1) is 32.5 Å². The molecule has 0 bridgehead atoms. The van der Waals surface area contributed by atoms with E-state index in [1.807, 2.05) is 0 Å². The van der Waals surface area contributed by atoms with E-state index in [9.17, 15) is 14.2 Å². The van der Waals surface area contributed by atoms with Crippen molar-refractivity contribution in [1.82, 2.24) is 0 Å². The molecule has 0 saturated carbocycles. The minimum atomic E-state index is -4.51. The second kappa shape index (κ2) is 11.7. The van der Waals surface area contributed by atoms with Crippen LogP contribution in [0.5, 0.6) is 0 Å². The zero-order valence-corrected chi connectivity index (χ0v) is 24.5. The van der Waals surface area contributed by atoms with Crippen LogP contribution in [0.4, 0.5) is 0 Å². The molecule has 3 heterocycles. The Bertz CT molecular complexity index is 1100. The van der Waals surface area contributed by atoms with Gasteiger partial charge in [0.25, 0.3) is 0 Å². The molecule has 0 aliphatic carbocycles. The van der Waals surface area contributed by atoms with Gasteiger partial charge in [0.2, 0.25) is 0 Å². The summed E-state index contributed by atoms with van der Waals surface area (Å²) in [6.45, 7) is 9.74. The molecule has 224 valence electrons. The second-order valence-electron chi connectivity index (χ2n) is 10.2. The van der Waals surface area contributed by atoms with Crippen LogP contribution in [0.15, 0.2) is 30.3 Å². The lowest BCUT2D eigenvalue weighted by Gasteiger charge is -2.48. The highest BCUT2D eigenvalue weighted by Gasteiger charge is 2.71. The molecule has 0 radical (unpaired) electrons. The van der Waals surface area contributed by atoms with Gasteiger partial charge in [0, 0.05) is 0 Å². The summed E-state index contributed by atoms with van der Waals surface area (Å²) < 4.78 is 71.7. The molecular weight excluding hydrogens is 551 g/mol. The van der Waals surface area contributed by atoms with Gasteiger partial charge in [-0.25, -0.2) is 18.7 Å². The highest BCUT2D eigenvalue weighted by molar-refractivity contribution is 7.48. The van der Waals surface area contributed by atoms with Crippen molar-refractivity contribution in [1.29, 1.82) is 0 Å². The van der Waals surface area contributed by atoms with Crippen molar-refractivity contribution in [2.24, 2.45) is 0 Å². The van der Waals surface area contributed by atoms with Gasteiger partial charge in [-0.15, -0.1) is 0 Å². The first kappa shape index (κ1) is 31.0. The fourth-order valence-corrected chi connectivity index (χ4v) is 6.28. The maximum atomic E-state index is 13.7. The van der Waals surface area contributed by atoms with Gasteiger partial charge in [0.1, 0.15) is 24.4 Å². The second-order valence-corrected chi connectivity index (χ2v) is 11.8. The van der Waals surface area contributed by atoms with Crippen molar-refractivity contribution in [3.8, 4) is 0 Å². The number of carbonyl (C=O) groups is 2. The van der Waals surface area contributed by atoms with Gasteiger partial charge >= 0.3 is 25.5 Å². The third kappa shape index (κ3) is 6.28. The molecule has 4 rings (SSSR count). The number of ether oxygens (including phenoxy) is 7. The number of esters is 2. The zero-order valence-electron chi connectivity index (χ0n) is 23.6. The van der Waals surface area contributed by atoms with E-state index in [-0.39, 0.29) is 25.4 Å². The van der Waals surface area contributed by atoms with Crippen LogP contribution in [-0.4, -0.2) is 86.8 Å². The maximum Gasteiger partial charge on any atom is 0.477 e. The number of fused-ring (bicyclic) bond motifs is 1. The number of benzene rings is 1. The fraction of sp³-hybridized carbons (Fsp3) is 0.692. The Morgan fingerprint density at radius 2 is 1.52 bits per heavy atom. The highest BCUT2D eigenvalue weighted by Crippen LogP contribution is 2.57. The Morgan fingerprint density at radius 1 is 0.900 bits per heavy atom. The Labute approximate surface area is 233 Å². The minimum absolute atomic E-state index is 0.0605.